The molecular weight excluding hydrogens is 218 g/mol. The molecule has 1 aromatic heterocycles. The zero-order valence-electron chi connectivity index (χ0n) is 14.3. The van der Waals surface area contributed by atoms with Crippen LogP contribution in [-0.2, 0) is 6.54 Å². The lowest BCUT2D eigenvalue weighted by molar-refractivity contribution is 0.924. The Morgan fingerprint density at radius 3 is 3.31 bits per heavy atom. The minimum Gasteiger partial charge on any atom is -0.397 e. The Kier molecular flexibility index (Phi) is 1.04. The number of aromatic nitrogens is 1. The highest BCUT2D eigenvalue weighted by Crippen LogP contribution is 2.42. The maximum absolute atomic E-state index is 7.70. The van der Waals surface area contributed by atoms with Gasteiger partial charge in [0.05, 0.1) is 33.5 Å². The Morgan fingerprint density at radius 2 is 2.50 bits per heavy atom. The van der Waals surface area contributed by atoms with Crippen LogP contribution in [0.1, 0.15) is 18.1 Å². The van der Waals surface area contributed by atoms with E-state index in [1.165, 1.54) is 4.90 Å². The smallest absolute Gasteiger partial charge is 0.0905 e. The minimum atomic E-state index is -2.37. The number of aryl methyl sites for hydroxylation is 1. The van der Waals surface area contributed by atoms with Crippen LogP contribution in [0.15, 0.2) is 18.2 Å². The molecule has 0 atom stereocenters. The molecule has 0 fully saturated rings. The second-order valence-electron chi connectivity index (χ2n) is 3.62. The van der Waals surface area contributed by atoms with Gasteiger partial charge in [-0.05, 0) is 12.9 Å². The summed E-state index contributed by atoms with van der Waals surface area (Å²) in [5.74, 6) is 0. The van der Waals surface area contributed by atoms with Gasteiger partial charge in [0, 0.05) is 20.8 Å². The molecule has 0 saturated heterocycles. The maximum Gasteiger partial charge on any atom is 0.0905 e. The molecule has 0 bridgehead atoms. The standard InChI is InChI=1S/C12H13N3S/c1-7-14-11-8-4-3-5-9(13)12(8)15(2)6-10(11)16-7/h3-5H,6,13H2,1-2H3/i1D3,2D3. The van der Waals surface area contributed by atoms with Crippen LogP contribution in [0.2, 0.25) is 0 Å². The van der Waals surface area contributed by atoms with Gasteiger partial charge < -0.3 is 10.6 Å². The summed E-state index contributed by atoms with van der Waals surface area (Å²) in [6.45, 7) is -4.61. The number of hydrogen-bond donors (Lipinski definition) is 1. The highest BCUT2D eigenvalue weighted by Gasteiger charge is 2.24. The number of nitrogens with zero attached hydrogens (tertiary/aromatic N) is 2. The molecule has 2 N–H and O–H groups in total. The summed E-state index contributed by atoms with van der Waals surface area (Å²) in [4.78, 5) is 6.06. The van der Waals surface area contributed by atoms with Gasteiger partial charge >= 0.3 is 0 Å². The van der Waals surface area contributed by atoms with Crippen molar-refractivity contribution in [3.05, 3.63) is 28.1 Å². The lowest BCUT2D eigenvalue weighted by Crippen LogP contribution is -2.21. The van der Waals surface area contributed by atoms with Gasteiger partial charge in [0.1, 0.15) is 0 Å². The van der Waals surface area contributed by atoms with E-state index in [0.29, 0.717) is 27.5 Å². The summed E-state index contributed by atoms with van der Waals surface area (Å²) in [6, 6.07) is 5.04. The number of nitrogens with two attached hydrogens (primary N) is 1. The van der Waals surface area contributed by atoms with Crippen molar-refractivity contribution in [2.24, 2.45) is 0 Å². The third-order valence-electron chi connectivity index (χ3n) is 2.59. The quantitative estimate of drug-likeness (QED) is 0.716. The van der Waals surface area contributed by atoms with E-state index in [1.807, 2.05) is 0 Å². The lowest BCUT2D eigenvalue weighted by atomic mass is 10.0. The number of rotatable bonds is 0. The van der Waals surface area contributed by atoms with E-state index in [0.717, 1.165) is 11.3 Å². The molecule has 0 spiro atoms. The van der Waals surface area contributed by atoms with Gasteiger partial charge in [-0.1, -0.05) is 12.1 Å². The molecule has 0 aliphatic carbocycles. The third kappa shape index (κ3) is 1.23. The zero-order valence-corrected chi connectivity index (χ0v) is 9.14. The Hall–Kier alpha value is -1.55. The maximum atomic E-state index is 7.70. The lowest BCUT2D eigenvalue weighted by Gasteiger charge is -2.27. The predicted octanol–water partition coefficient (Wildman–Crippen LogP) is 2.65. The van der Waals surface area contributed by atoms with Crippen molar-refractivity contribution in [3.63, 3.8) is 0 Å². The van der Waals surface area contributed by atoms with E-state index in [9.17, 15) is 0 Å². The van der Waals surface area contributed by atoms with Crippen molar-refractivity contribution >= 4 is 22.7 Å². The number of benzene rings is 1. The number of nitrogen functional groups attached to an aromatic ring is 1. The largest absolute Gasteiger partial charge is 0.397 e. The highest BCUT2D eigenvalue weighted by molar-refractivity contribution is 7.12. The number of thiazole rings is 1. The molecule has 0 amide bonds. The van der Waals surface area contributed by atoms with Crippen LogP contribution in [0.3, 0.4) is 0 Å². The molecular formula is C12H13N3S. The molecule has 0 radical (unpaired) electrons. The van der Waals surface area contributed by atoms with Gasteiger partial charge in [-0.2, -0.15) is 0 Å². The third-order valence-corrected chi connectivity index (χ3v) is 3.44. The van der Waals surface area contributed by atoms with Crippen LogP contribution < -0.4 is 10.6 Å². The predicted molar refractivity (Wildman–Crippen MR) is 68.8 cm³/mol. The van der Waals surface area contributed by atoms with E-state index >= 15 is 0 Å². The first-order chi connectivity index (χ1) is 10.1. The fourth-order valence-electron chi connectivity index (χ4n) is 1.95. The van der Waals surface area contributed by atoms with Crippen LogP contribution in [0.25, 0.3) is 11.3 Å². The van der Waals surface area contributed by atoms with Crippen LogP contribution in [-0.4, -0.2) is 12.0 Å². The monoisotopic (exact) mass is 237 g/mol. The van der Waals surface area contributed by atoms with Gasteiger partial charge in [0.25, 0.3) is 0 Å². The number of anilines is 2. The van der Waals surface area contributed by atoms with Crippen LogP contribution in [0.4, 0.5) is 11.4 Å². The van der Waals surface area contributed by atoms with Gasteiger partial charge in [0.15, 0.2) is 0 Å². The van der Waals surface area contributed by atoms with Crippen LogP contribution in [0, 0.1) is 6.85 Å². The minimum absolute atomic E-state index is 0.0123. The molecule has 0 saturated carbocycles. The van der Waals surface area contributed by atoms with Crippen molar-refractivity contribution in [2.45, 2.75) is 13.4 Å². The number of hydrogen-bond acceptors (Lipinski definition) is 4. The first-order valence-corrected chi connectivity index (χ1v) is 5.57. The molecule has 16 heavy (non-hydrogen) atoms. The molecule has 1 aliphatic rings. The van der Waals surface area contributed by atoms with E-state index in [1.54, 1.807) is 18.2 Å². The summed E-state index contributed by atoms with van der Waals surface area (Å²) in [5, 5.41) is 0.0123. The van der Waals surface area contributed by atoms with Crippen LogP contribution >= 0.6 is 11.3 Å². The Labute approximate surface area is 107 Å². The van der Waals surface area contributed by atoms with Crippen LogP contribution in [0.5, 0.6) is 0 Å². The molecule has 3 rings (SSSR count). The molecule has 2 heterocycles. The summed E-state index contributed by atoms with van der Waals surface area (Å²) < 4.78 is 45.6. The van der Waals surface area contributed by atoms with Gasteiger partial charge in [-0.3, -0.25) is 0 Å². The molecule has 2 aromatic rings. The Bertz CT molecular complexity index is 733. The van der Waals surface area contributed by atoms with E-state index in [4.69, 9.17) is 14.0 Å². The molecule has 0 unspecified atom stereocenters. The molecule has 1 aromatic carbocycles. The van der Waals surface area contributed by atoms with E-state index in [-0.39, 0.29) is 11.6 Å². The van der Waals surface area contributed by atoms with Crippen molar-refractivity contribution < 1.29 is 8.22 Å². The zero-order chi connectivity index (χ0) is 16.3. The summed E-state index contributed by atoms with van der Waals surface area (Å²) in [6.07, 6.45) is 0. The Balaban J connectivity index is 2.24. The van der Waals surface area contributed by atoms with Crippen molar-refractivity contribution in [2.75, 3.05) is 17.6 Å². The average molecular weight is 237 g/mol. The fourth-order valence-corrected chi connectivity index (χ4v) is 2.76. The summed E-state index contributed by atoms with van der Waals surface area (Å²) in [7, 11) is 0. The van der Waals surface area contributed by atoms with Crippen molar-refractivity contribution in [1.29, 1.82) is 0 Å². The number of para-hydroxylation sites is 1. The molecule has 1 aliphatic heterocycles. The van der Waals surface area contributed by atoms with E-state index in [2.05, 4.69) is 4.98 Å². The normalized spacial score (nSPS) is 20.6. The highest BCUT2D eigenvalue weighted by atomic mass is 32.1. The van der Waals surface area contributed by atoms with Gasteiger partial charge in [-0.25, -0.2) is 4.98 Å². The average Bonchev–Trinajstić information content (AvgIpc) is 2.81. The SMILES string of the molecule is [2H]C([2H])([2H])c1nc2c(s1)CN(C([2H])([2H])[2H])c1c(N)cccc1-2. The topological polar surface area (TPSA) is 42.2 Å². The summed E-state index contributed by atoms with van der Waals surface area (Å²) in [5.41, 5.74) is 7.75. The second-order valence-corrected chi connectivity index (χ2v) is 4.70. The Morgan fingerprint density at radius 1 is 1.56 bits per heavy atom. The second kappa shape index (κ2) is 3.22. The van der Waals surface area contributed by atoms with Crippen molar-refractivity contribution in [1.82, 2.24) is 4.98 Å². The van der Waals surface area contributed by atoms with E-state index < -0.39 is 13.8 Å². The summed E-state index contributed by atoms with van der Waals surface area (Å²) >= 11 is 1.03. The first-order valence-electron chi connectivity index (χ1n) is 7.76. The molecule has 82 valence electrons. The number of fused-ring (bicyclic) bond motifs is 3. The van der Waals surface area contributed by atoms with Gasteiger partial charge in [0.2, 0.25) is 0 Å². The van der Waals surface area contributed by atoms with Gasteiger partial charge in [-0.15, -0.1) is 11.3 Å². The first kappa shape index (κ1) is 5.19. The fraction of sp³-hybridized carbons (Fsp3) is 0.250. The molecule has 4 heteroatoms. The van der Waals surface area contributed by atoms with Crippen molar-refractivity contribution in [3.8, 4) is 11.3 Å². The molecule has 3 nitrogen and oxygen atoms in total.